The number of halogens is 2. The lowest BCUT2D eigenvalue weighted by molar-refractivity contribution is 0.0933. The molecular formula is C13H15Cl2N3O2. The van der Waals surface area contributed by atoms with Gasteiger partial charge in [0.15, 0.2) is 0 Å². The molecule has 0 heterocycles. The van der Waals surface area contributed by atoms with Gasteiger partial charge in [-0.2, -0.15) is 0 Å². The summed E-state index contributed by atoms with van der Waals surface area (Å²) in [5.41, 5.74) is 6.03. The topological polar surface area (TPSA) is 87.7 Å². The third kappa shape index (κ3) is 3.35. The Morgan fingerprint density at radius 1 is 1.30 bits per heavy atom. The first-order chi connectivity index (χ1) is 9.51. The van der Waals surface area contributed by atoms with E-state index in [9.17, 15) is 4.79 Å². The second-order valence-corrected chi connectivity index (χ2v) is 5.67. The van der Waals surface area contributed by atoms with E-state index in [1.807, 2.05) is 0 Å². The summed E-state index contributed by atoms with van der Waals surface area (Å²) in [5, 5.41) is 15.5. The zero-order valence-corrected chi connectivity index (χ0v) is 12.2. The van der Waals surface area contributed by atoms with Crippen molar-refractivity contribution in [1.82, 2.24) is 5.32 Å². The van der Waals surface area contributed by atoms with Crippen LogP contribution in [0.25, 0.3) is 0 Å². The van der Waals surface area contributed by atoms with Crippen molar-refractivity contribution in [3.63, 3.8) is 0 Å². The van der Waals surface area contributed by atoms with E-state index in [-0.39, 0.29) is 23.7 Å². The number of amidine groups is 1. The van der Waals surface area contributed by atoms with E-state index in [1.165, 1.54) is 0 Å². The lowest BCUT2D eigenvalue weighted by Gasteiger charge is -2.20. The normalized spacial score (nSPS) is 22.8. The van der Waals surface area contributed by atoms with Crippen molar-refractivity contribution in [2.24, 2.45) is 16.8 Å². The minimum Gasteiger partial charge on any atom is -0.409 e. The van der Waals surface area contributed by atoms with Crippen LogP contribution in [0.1, 0.15) is 29.6 Å². The molecule has 1 amide bonds. The van der Waals surface area contributed by atoms with Crippen LogP contribution in [0.15, 0.2) is 23.4 Å². The summed E-state index contributed by atoms with van der Waals surface area (Å²) >= 11 is 11.8. The van der Waals surface area contributed by atoms with Gasteiger partial charge in [-0.1, -0.05) is 34.8 Å². The van der Waals surface area contributed by atoms with Crippen LogP contribution in [0, 0.1) is 5.92 Å². The smallest absolute Gasteiger partial charge is 0.251 e. The van der Waals surface area contributed by atoms with E-state index in [1.54, 1.807) is 18.2 Å². The molecule has 0 aromatic heterocycles. The highest BCUT2D eigenvalue weighted by Crippen LogP contribution is 2.26. The minimum absolute atomic E-state index is 0.140. The Morgan fingerprint density at radius 2 is 1.95 bits per heavy atom. The Labute approximate surface area is 126 Å². The third-order valence-electron chi connectivity index (χ3n) is 3.45. The first-order valence-electron chi connectivity index (χ1n) is 6.25. The van der Waals surface area contributed by atoms with Crippen LogP contribution in [-0.4, -0.2) is 23.0 Å². The Bertz CT molecular complexity index is 528. The van der Waals surface area contributed by atoms with Crippen LogP contribution in [0.2, 0.25) is 10.0 Å². The molecule has 1 aromatic rings. The molecule has 2 unspecified atom stereocenters. The van der Waals surface area contributed by atoms with Crippen LogP contribution in [0.5, 0.6) is 0 Å². The van der Waals surface area contributed by atoms with E-state index in [0.717, 1.165) is 19.3 Å². The minimum atomic E-state index is -0.267. The first kappa shape index (κ1) is 14.9. The monoisotopic (exact) mass is 315 g/mol. The van der Waals surface area contributed by atoms with Crippen LogP contribution in [0.3, 0.4) is 0 Å². The van der Waals surface area contributed by atoms with Gasteiger partial charge in [0.25, 0.3) is 5.91 Å². The van der Waals surface area contributed by atoms with Gasteiger partial charge in [0.1, 0.15) is 5.84 Å². The summed E-state index contributed by atoms with van der Waals surface area (Å²) in [6, 6.07) is 4.53. The maximum Gasteiger partial charge on any atom is 0.251 e. The Balaban J connectivity index is 2.11. The van der Waals surface area contributed by atoms with Crippen LogP contribution >= 0.6 is 23.2 Å². The fraction of sp³-hybridized carbons (Fsp3) is 0.385. The standard InChI is InChI=1S/C13H15Cl2N3O2/c14-8-4-7(5-9(15)6-8)13(19)17-11-3-1-2-10(11)12(16)18-20/h4-6,10-11,20H,1-3H2,(H2,16,18)(H,17,19). The molecule has 1 aliphatic carbocycles. The molecule has 0 bridgehead atoms. The number of benzene rings is 1. The molecule has 1 aromatic carbocycles. The van der Waals surface area contributed by atoms with Crippen molar-refractivity contribution in [2.45, 2.75) is 25.3 Å². The molecule has 1 fully saturated rings. The molecular weight excluding hydrogens is 301 g/mol. The van der Waals surface area contributed by atoms with Crippen molar-refractivity contribution < 1.29 is 10.0 Å². The fourth-order valence-corrected chi connectivity index (χ4v) is 3.02. The zero-order chi connectivity index (χ0) is 14.7. The lowest BCUT2D eigenvalue weighted by Crippen LogP contribution is -2.42. The molecule has 2 rings (SSSR count). The molecule has 0 saturated heterocycles. The summed E-state index contributed by atoms with van der Waals surface area (Å²) in [6.45, 7) is 0. The molecule has 7 heteroatoms. The average molecular weight is 316 g/mol. The van der Waals surface area contributed by atoms with Gasteiger partial charge in [-0.3, -0.25) is 4.79 Å². The molecule has 4 N–H and O–H groups in total. The predicted octanol–water partition coefficient (Wildman–Crippen LogP) is 2.64. The van der Waals surface area contributed by atoms with Gasteiger partial charge in [-0.25, -0.2) is 0 Å². The number of carbonyl (C=O) groups is 1. The van der Waals surface area contributed by atoms with E-state index in [0.29, 0.717) is 15.6 Å². The molecule has 5 nitrogen and oxygen atoms in total. The van der Waals surface area contributed by atoms with Gasteiger partial charge in [0.2, 0.25) is 0 Å². The zero-order valence-electron chi connectivity index (χ0n) is 10.6. The lowest BCUT2D eigenvalue weighted by atomic mass is 10.0. The second kappa shape index (κ2) is 6.33. The fourth-order valence-electron chi connectivity index (χ4n) is 2.50. The second-order valence-electron chi connectivity index (χ2n) is 4.80. The largest absolute Gasteiger partial charge is 0.409 e. The highest BCUT2D eigenvalue weighted by Gasteiger charge is 2.32. The molecule has 2 atom stereocenters. The number of amides is 1. The van der Waals surface area contributed by atoms with Gasteiger partial charge >= 0.3 is 0 Å². The number of oxime groups is 1. The molecule has 0 radical (unpaired) electrons. The Hall–Kier alpha value is -1.46. The van der Waals surface area contributed by atoms with Crippen molar-refractivity contribution in [2.75, 3.05) is 0 Å². The quantitative estimate of drug-likeness (QED) is 0.347. The van der Waals surface area contributed by atoms with Gasteiger partial charge in [-0.05, 0) is 31.0 Å². The molecule has 0 spiro atoms. The average Bonchev–Trinajstić information content (AvgIpc) is 2.84. The van der Waals surface area contributed by atoms with Crippen LogP contribution in [0.4, 0.5) is 0 Å². The maximum absolute atomic E-state index is 12.2. The number of hydrogen-bond acceptors (Lipinski definition) is 3. The molecule has 1 saturated carbocycles. The number of nitrogens with one attached hydrogen (secondary N) is 1. The summed E-state index contributed by atoms with van der Waals surface area (Å²) in [5.74, 6) is -0.257. The van der Waals surface area contributed by atoms with Crippen molar-refractivity contribution in [3.05, 3.63) is 33.8 Å². The molecule has 20 heavy (non-hydrogen) atoms. The molecule has 1 aliphatic rings. The Morgan fingerprint density at radius 3 is 2.55 bits per heavy atom. The van der Waals surface area contributed by atoms with E-state index in [4.69, 9.17) is 34.1 Å². The van der Waals surface area contributed by atoms with Crippen molar-refractivity contribution in [3.8, 4) is 0 Å². The van der Waals surface area contributed by atoms with Crippen LogP contribution < -0.4 is 11.1 Å². The number of nitrogens with zero attached hydrogens (tertiary/aromatic N) is 1. The van der Waals surface area contributed by atoms with E-state index >= 15 is 0 Å². The first-order valence-corrected chi connectivity index (χ1v) is 7.01. The van der Waals surface area contributed by atoms with Gasteiger partial charge in [0, 0.05) is 27.6 Å². The van der Waals surface area contributed by atoms with Gasteiger partial charge in [-0.15, -0.1) is 0 Å². The Kier molecular flexibility index (Phi) is 4.73. The molecule has 108 valence electrons. The van der Waals surface area contributed by atoms with Gasteiger partial charge < -0.3 is 16.3 Å². The highest BCUT2D eigenvalue weighted by atomic mass is 35.5. The van der Waals surface area contributed by atoms with Crippen molar-refractivity contribution >= 4 is 34.9 Å². The SMILES string of the molecule is NC(=NO)C1CCCC1NC(=O)c1cc(Cl)cc(Cl)c1. The maximum atomic E-state index is 12.2. The summed E-state index contributed by atoms with van der Waals surface area (Å²) in [4.78, 5) is 12.2. The van der Waals surface area contributed by atoms with E-state index < -0.39 is 0 Å². The van der Waals surface area contributed by atoms with E-state index in [2.05, 4.69) is 10.5 Å². The van der Waals surface area contributed by atoms with Gasteiger partial charge in [0.05, 0.1) is 0 Å². The number of carbonyl (C=O) groups excluding carboxylic acids is 1. The predicted molar refractivity (Wildman–Crippen MR) is 78.5 cm³/mol. The van der Waals surface area contributed by atoms with Crippen LogP contribution in [-0.2, 0) is 0 Å². The third-order valence-corrected chi connectivity index (χ3v) is 3.89. The van der Waals surface area contributed by atoms with Crippen molar-refractivity contribution in [1.29, 1.82) is 0 Å². The summed E-state index contributed by atoms with van der Waals surface area (Å²) in [7, 11) is 0. The highest BCUT2D eigenvalue weighted by molar-refractivity contribution is 6.35. The molecule has 0 aliphatic heterocycles. The number of hydrogen-bond donors (Lipinski definition) is 3. The number of rotatable bonds is 3. The summed E-state index contributed by atoms with van der Waals surface area (Å²) < 4.78 is 0. The number of nitrogens with two attached hydrogens (primary N) is 1. The summed E-state index contributed by atoms with van der Waals surface area (Å²) in [6.07, 6.45) is 2.50.